The monoisotopic (exact) mass is 339 g/mol. The predicted molar refractivity (Wildman–Crippen MR) is 80.2 cm³/mol. The minimum absolute atomic E-state index is 0.200. The van der Waals surface area contributed by atoms with Gasteiger partial charge in [0.25, 0.3) is 0 Å². The molecule has 19 heavy (non-hydrogen) atoms. The van der Waals surface area contributed by atoms with Gasteiger partial charge in [-0.15, -0.1) is 0 Å². The van der Waals surface area contributed by atoms with Crippen LogP contribution in [0.5, 0.6) is 0 Å². The van der Waals surface area contributed by atoms with Gasteiger partial charge in [0.05, 0.1) is 11.1 Å². The number of anilines is 1. The molecule has 1 N–H and O–H groups in total. The van der Waals surface area contributed by atoms with Crippen LogP contribution in [0.25, 0.3) is 0 Å². The van der Waals surface area contributed by atoms with Gasteiger partial charge in [0.2, 0.25) is 0 Å². The normalized spacial score (nSPS) is 17.7. The molecule has 0 aromatic heterocycles. The lowest BCUT2D eigenvalue weighted by atomic mass is 9.93. The summed E-state index contributed by atoms with van der Waals surface area (Å²) in [5.74, 6) is -0.200. The quantitative estimate of drug-likeness (QED) is 0.739. The third-order valence-corrected chi connectivity index (χ3v) is 4.65. The van der Waals surface area contributed by atoms with Gasteiger partial charge in [0.15, 0.2) is 0 Å². The van der Waals surface area contributed by atoms with E-state index in [0.717, 1.165) is 33.6 Å². The van der Waals surface area contributed by atoms with Gasteiger partial charge in [-0.1, -0.05) is 23.7 Å². The van der Waals surface area contributed by atoms with Crippen LogP contribution >= 0.6 is 27.5 Å². The number of fused-ring (bicyclic) bond motifs is 1. The van der Waals surface area contributed by atoms with Crippen LogP contribution in [0.3, 0.4) is 0 Å². The van der Waals surface area contributed by atoms with Crippen molar-refractivity contribution in [1.29, 1.82) is 0 Å². The Labute approximate surface area is 124 Å². The summed E-state index contributed by atoms with van der Waals surface area (Å²) in [7, 11) is 0. The van der Waals surface area contributed by atoms with Gasteiger partial charge >= 0.3 is 0 Å². The van der Waals surface area contributed by atoms with E-state index in [0.29, 0.717) is 0 Å². The van der Waals surface area contributed by atoms with Crippen molar-refractivity contribution in [2.75, 3.05) is 5.32 Å². The van der Waals surface area contributed by atoms with E-state index in [1.165, 1.54) is 17.7 Å². The van der Waals surface area contributed by atoms with E-state index in [1.807, 2.05) is 24.3 Å². The fourth-order valence-electron chi connectivity index (χ4n) is 2.43. The molecule has 2 aromatic rings. The first-order valence-electron chi connectivity index (χ1n) is 6.13. The van der Waals surface area contributed by atoms with Crippen LogP contribution in [0.1, 0.15) is 23.6 Å². The van der Waals surface area contributed by atoms with E-state index in [1.54, 1.807) is 0 Å². The lowest BCUT2D eigenvalue weighted by Gasteiger charge is -2.28. The highest BCUT2D eigenvalue weighted by Crippen LogP contribution is 2.37. The Bertz CT molecular complexity index is 612. The SMILES string of the molecule is Fc1ccc(C2CCc3cc(Cl)c(Br)cc3N2)cc1. The van der Waals surface area contributed by atoms with Gasteiger partial charge in [-0.3, -0.25) is 0 Å². The number of aryl methyl sites for hydroxylation is 1. The summed E-state index contributed by atoms with van der Waals surface area (Å²) < 4.78 is 13.8. The van der Waals surface area contributed by atoms with Crippen LogP contribution in [0.4, 0.5) is 10.1 Å². The van der Waals surface area contributed by atoms with Gasteiger partial charge < -0.3 is 5.32 Å². The first kappa shape index (κ1) is 12.9. The predicted octanol–water partition coefficient (Wildman–Crippen LogP) is 5.34. The van der Waals surface area contributed by atoms with Crippen LogP contribution < -0.4 is 5.32 Å². The maximum Gasteiger partial charge on any atom is 0.123 e. The Hall–Kier alpha value is -1.06. The zero-order chi connectivity index (χ0) is 13.4. The average molecular weight is 341 g/mol. The van der Waals surface area contributed by atoms with Crippen molar-refractivity contribution in [3.05, 3.63) is 62.8 Å². The summed E-state index contributed by atoms with van der Waals surface area (Å²) in [5, 5.41) is 4.23. The molecule has 0 bridgehead atoms. The average Bonchev–Trinajstić information content (AvgIpc) is 2.40. The Morgan fingerprint density at radius 1 is 1.21 bits per heavy atom. The second-order valence-corrected chi connectivity index (χ2v) is 5.97. The van der Waals surface area contributed by atoms with Crippen molar-refractivity contribution in [1.82, 2.24) is 0 Å². The molecule has 1 atom stereocenters. The number of hydrogen-bond acceptors (Lipinski definition) is 1. The topological polar surface area (TPSA) is 12.0 Å². The standard InChI is InChI=1S/C15H12BrClFN/c16-12-8-15-10(7-13(12)17)3-6-14(19-15)9-1-4-11(18)5-2-9/h1-2,4-5,7-8,14,19H,3,6H2. The van der Waals surface area contributed by atoms with Crippen molar-refractivity contribution in [2.45, 2.75) is 18.9 Å². The van der Waals surface area contributed by atoms with Crippen molar-refractivity contribution in [3.8, 4) is 0 Å². The lowest BCUT2D eigenvalue weighted by Crippen LogP contribution is -2.18. The van der Waals surface area contributed by atoms with Crippen LogP contribution in [0.2, 0.25) is 5.02 Å². The molecule has 1 nitrogen and oxygen atoms in total. The molecule has 4 heteroatoms. The molecule has 0 radical (unpaired) electrons. The molecule has 98 valence electrons. The molecule has 1 aliphatic rings. The lowest BCUT2D eigenvalue weighted by molar-refractivity contribution is 0.622. The maximum atomic E-state index is 12.9. The van der Waals surface area contributed by atoms with E-state index < -0.39 is 0 Å². The number of benzene rings is 2. The molecule has 0 fully saturated rings. The number of nitrogens with one attached hydrogen (secondary N) is 1. The Balaban J connectivity index is 1.89. The third-order valence-electron chi connectivity index (χ3n) is 3.45. The van der Waals surface area contributed by atoms with E-state index in [4.69, 9.17) is 11.6 Å². The molecule has 1 aliphatic heterocycles. The molecule has 0 spiro atoms. The summed E-state index contributed by atoms with van der Waals surface area (Å²) in [6.45, 7) is 0. The van der Waals surface area contributed by atoms with Gasteiger partial charge in [0.1, 0.15) is 5.82 Å². The number of rotatable bonds is 1. The highest BCUT2D eigenvalue weighted by molar-refractivity contribution is 9.10. The largest absolute Gasteiger partial charge is 0.378 e. The van der Waals surface area contributed by atoms with Crippen LogP contribution in [-0.4, -0.2) is 0 Å². The molecule has 2 aromatic carbocycles. The van der Waals surface area contributed by atoms with Crippen LogP contribution in [0.15, 0.2) is 40.9 Å². The van der Waals surface area contributed by atoms with Crippen LogP contribution in [-0.2, 0) is 6.42 Å². The molecule has 3 rings (SSSR count). The summed E-state index contributed by atoms with van der Waals surface area (Å²) in [5.41, 5.74) is 3.43. The third kappa shape index (κ3) is 2.63. The zero-order valence-corrected chi connectivity index (χ0v) is 12.4. The summed E-state index contributed by atoms with van der Waals surface area (Å²) in [6.07, 6.45) is 1.95. The maximum absolute atomic E-state index is 12.9. The van der Waals surface area contributed by atoms with Gasteiger partial charge in [-0.2, -0.15) is 0 Å². The first-order chi connectivity index (χ1) is 9.13. The smallest absolute Gasteiger partial charge is 0.123 e. The van der Waals surface area contributed by atoms with Crippen LogP contribution in [0, 0.1) is 5.82 Å². The van der Waals surface area contributed by atoms with Gasteiger partial charge in [-0.05, 0) is 64.2 Å². The second-order valence-electron chi connectivity index (χ2n) is 4.71. The minimum atomic E-state index is -0.200. The van der Waals surface area contributed by atoms with Crippen molar-refractivity contribution in [3.63, 3.8) is 0 Å². The molecular weight excluding hydrogens is 329 g/mol. The number of hydrogen-bond donors (Lipinski definition) is 1. The Kier molecular flexibility index (Phi) is 3.50. The zero-order valence-electron chi connectivity index (χ0n) is 10.1. The van der Waals surface area contributed by atoms with Crippen molar-refractivity contribution >= 4 is 33.2 Å². The molecule has 1 heterocycles. The fraction of sp³-hybridized carbons (Fsp3) is 0.200. The molecular formula is C15H12BrClFN. The molecule has 1 unspecified atom stereocenters. The minimum Gasteiger partial charge on any atom is -0.378 e. The second kappa shape index (κ2) is 5.14. The highest BCUT2D eigenvalue weighted by Gasteiger charge is 2.20. The fourth-order valence-corrected chi connectivity index (χ4v) is 2.96. The summed E-state index contributed by atoms with van der Waals surface area (Å²) in [4.78, 5) is 0. The van der Waals surface area contributed by atoms with Gasteiger partial charge in [-0.25, -0.2) is 4.39 Å². The molecule has 0 aliphatic carbocycles. The van der Waals surface area contributed by atoms with E-state index in [2.05, 4.69) is 21.2 Å². The molecule has 0 saturated carbocycles. The highest BCUT2D eigenvalue weighted by atomic mass is 79.9. The Morgan fingerprint density at radius 2 is 1.95 bits per heavy atom. The van der Waals surface area contributed by atoms with Crippen molar-refractivity contribution in [2.24, 2.45) is 0 Å². The first-order valence-corrected chi connectivity index (χ1v) is 7.30. The molecule has 0 amide bonds. The summed E-state index contributed by atoms with van der Waals surface area (Å²) in [6, 6.07) is 10.9. The van der Waals surface area contributed by atoms with E-state index in [-0.39, 0.29) is 11.9 Å². The van der Waals surface area contributed by atoms with Crippen molar-refractivity contribution < 1.29 is 4.39 Å². The Morgan fingerprint density at radius 3 is 2.68 bits per heavy atom. The summed E-state index contributed by atoms with van der Waals surface area (Å²) >= 11 is 9.54. The molecule has 0 saturated heterocycles. The van der Waals surface area contributed by atoms with Gasteiger partial charge in [0, 0.05) is 10.2 Å². The van der Waals surface area contributed by atoms with E-state index >= 15 is 0 Å². The number of halogens is 3. The van der Waals surface area contributed by atoms with E-state index in [9.17, 15) is 4.39 Å².